The molecule has 1 aliphatic heterocycles. The van der Waals surface area contributed by atoms with Gasteiger partial charge in [-0.05, 0) is 26.9 Å². The van der Waals surface area contributed by atoms with Crippen molar-refractivity contribution in [2.24, 2.45) is 0 Å². The molecule has 13 heavy (non-hydrogen) atoms. The lowest BCUT2D eigenvalue weighted by atomic mass is 10.2. The lowest BCUT2D eigenvalue weighted by molar-refractivity contribution is -0.109. The molecule has 1 unspecified atom stereocenters. The van der Waals surface area contributed by atoms with E-state index in [2.05, 4.69) is 5.32 Å². The lowest BCUT2D eigenvalue weighted by Gasteiger charge is -2.00. The fourth-order valence-electron chi connectivity index (χ4n) is 0.938. The first-order valence-electron chi connectivity index (χ1n) is 4.98. The van der Waals surface area contributed by atoms with Gasteiger partial charge in [-0.2, -0.15) is 0 Å². The van der Waals surface area contributed by atoms with Gasteiger partial charge in [0.2, 0.25) is 0 Å². The number of hydrogen-bond donors (Lipinski definition) is 1. The highest BCUT2D eigenvalue weighted by atomic mass is 16.5. The fraction of sp³-hybridized carbons (Fsp3) is 0.900. The number of rotatable bonds is 2. The van der Waals surface area contributed by atoms with Crippen LogP contribution in [0.2, 0.25) is 0 Å². The van der Waals surface area contributed by atoms with Gasteiger partial charge in [-0.3, -0.25) is 0 Å². The number of ether oxygens (including phenoxy) is 1. The van der Waals surface area contributed by atoms with Crippen molar-refractivity contribution in [3.05, 3.63) is 0 Å². The Morgan fingerprint density at radius 1 is 1.46 bits per heavy atom. The molecular weight excluding hydrogens is 166 g/mol. The predicted octanol–water partition coefficient (Wildman–Crippen LogP) is 1.62. The zero-order valence-corrected chi connectivity index (χ0v) is 9.30. The molecule has 1 rings (SSSR count). The number of aldehydes is 1. The molecule has 3 nitrogen and oxygen atoms in total. The van der Waals surface area contributed by atoms with Crippen LogP contribution in [0.15, 0.2) is 0 Å². The third-order valence-corrected chi connectivity index (χ3v) is 1.38. The molecule has 0 saturated carbocycles. The first-order chi connectivity index (χ1) is 6.35. The van der Waals surface area contributed by atoms with Gasteiger partial charge in [0.15, 0.2) is 0 Å². The Morgan fingerprint density at radius 3 is 2.31 bits per heavy atom. The van der Waals surface area contributed by atoms with Crippen molar-refractivity contribution in [1.29, 1.82) is 0 Å². The summed E-state index contributed by atoms with van der Waals surface area (Å²) in [5.74, 6) is 0. The van der Waals surface area contributed by atoms with Gasteiger partial charge in [-0.1, -0.05) is 13.8 Å². The highest BCUT2D eigenvalue weighted by Crippen LogP contribution is 2.13. The van der Waals surface area contributed by atoms with Gasteiger partial charge < -0.3 is 14.8 Å². The molecule has 80 valence electrons. The Balaban J connectivity index is 0. The van der Waals surface area contributed by atoms with Gasteiger partial charge >= 0.3 is 0 Å². The number of hydrogen-bond acceptors (Lipinski definition) is 3. The molecule has 1 aliphatic rings. The Kier molecular flexibility index (Phi) is 16.4. The van der Waals surface area contributed by atoms with E-state index >= 15 is 0 Å². The number of nitrogens with one attached hydrogen (secondary N) is 1. The van der Waals surface area contributed by atoms with Crippen LogP contribution in [0, 0.1) is 0 Å². The summed E-state index contributed by atoms with van der Waals surface area (Å²) in [6, 6.07) is 0. The van der Waals surface area contributed by atoms with Crippen molar-refractivity contribution in [1.82, 2.24) is 5.32 Å². The second-order valence-corrected chi connectivity index (χ2v) is 2.54. The van der Waals surface area contributed by atoms with Crippen molar-refractivity contribution >= 4 is 6.29 Å². The largest absolute Gasteiger partial charge is 0.378 e. The van der Waals surface area contributed by atoms with E-state index in [0.29, 0.717) is 6.42 Å². The Labute approximate surface area is 81.9 Å². The van der Waals surface area contributed by atoms with Gasteiger partial charge in [0, 0.05) is 13.0 Å². The molecule has 1 saturated heterocycles. The first-order valence-corrected chi connectivity index (χ1v) is 4.98. The summed E-state index contributed by atoms with van der Waals surface area (Å²) in [5.41, 5.74) is 0. The molecule has 1 atom stereocenters. The monoisotopic (exact) mass is 189 g/mol. The van der Waals surface area contributed by atoms with Crippen LogP contribution >= 0.6 is 0 Å². The molecule has 0 bridgehead atoms. The third-order valence-electron chi connectivity index (χ3n) is 1.38. The van der Waals surface area contributed by atoms with Crippen molar-refractivity contribution < 1.29 is 9.53 Å². The van der Waals surface area contributed by atoms with Crippen LogP contribution in [0.1, 0.15) is 33.1 Å². The van der Waals surface area contributed by atoms with Crippen LogP contribution in [0.25, 0.3) is 0 Å². The quantitative estimate of drug-likeness (QED) is 0.671. The Hall–Kier alpha value is -0.410. The molecule has 1 fully saturated rings. The minimum atomic E-state index is 0.243. The van der Waals surface area contributed by atoms with Crippen molar-refractivity contribution in [2.75, 3.05) is 20.7 Å². The SMILES string of the molecule is CC.CNC.O=CCC1CCCO1. The van der Waals surface area contributed by atoms with E-state index in [1.807, 2.05) is 27.9 Å². The molecular formula is C10H23NO2. The van der Waals surface area contributed by atoms with Crippen LogP contribution in [-0.2, 0) is 9.53 Å². The summed E-state index contributed by atoms with van der Waals surface area (Å²) < 4.78 is 5.16. The number of carbonyl (C=O) groups is 1. The van der Waals surface area contributed by atoms with Gasteiger partial charge in [0.05, 0.1) is 6.10 Å². The van der Waals surface area contributed by atoms with Crippen molar-refractivity contribution in [3.63, 3.8) is 0 Å². The van der Waals surface area contributed by atoms with Crippen LogP contribution in [0.4, 0.5) is 0 Å². The molecule has 1 N–H and O–H groups in total. The van der Waals surface area contributed by atoms with E-state index < -0.39 is 0 Å². The topological polar surface area (TPSA) is 38.3 Å². The molecule has 0 aromatic heterocycles. The maximum atomic E-state index is 9.88. The highest BCUT2D eigenvalue weighted by Gasteiger charge is 2.13. The van der Waals surface area contributed by atoms with Gasteiger partial charge in [0.1, 0.15) is 6.29 Å². The van der Waals surface area contributed by atoms with E-state index in [4.69, 9.17) is 4.74 Å². The molecule has 0 amide bonds. The second kappa shape index (κ2) is 14.1. The first kappa shape index (κ1) is 15.1. The number of carbonyl (C=O) groups excluding carboxylic acids is 1. The van der Waals surface area contributed by atoms with Gasteiger partial charge in [-0.15, -0.1) is 0 Å². The van der Waals surface area contributed by atoms with E-state index in [0.717, 1.165) is 25.7 Å². The van der Waals surface area contributed by atoms with E-state index in [-0.39, 0.29) is 6.10 Å². The summed E-state index contributed by atoms with van der Waals surface area (Å²) in [5, 5.41) is 2.75. The molecule has 0 aromatic carbocycles. The minimum absolute atomic E-state index is 0.243. The van der Waals surface area contributed by atoms with E-state index in [1.165, 1.54) is 0 Å². The average molecular weight is 189 g/mol. The fourth-order valence-corrected chi connectivity index (χ4v) is 0.938. The normalized spacial score (nSPS) is 19.2. The maximum Gasteiger partial charge on any atom is 0.122 e. The summed E-state index contributed by atoms with van der Waals surface area (Å²) in [6.45, 7) is 4.85. The van der Waals surface area contributed by atoms with Crippen molar-refractivity contribution in [3.8, 4) is 0 Å². The third kappa shape index (κ3) is 11.6. The molecule has 0 spiro atoms. The predicted molar refractivity (Wildman–Crippen MR) is 56.0 cm³/mol. The van der Waals surface area contributed by atoms with Gasteiger partial charge in [0.25, 0.3) is 0 Å². The summed E-state index contributed by atoms with van der Waals surface area (Å²) in [4.78, 5) is 9.88. The van der Waals surface area contributed by atoms with E-state index in [9.17, 15) is 4.79 Å². The van der Waals surface area contributed by atoms with Crippen LogP contribution < -0.4 is 5.32 Å². The zero-order chi connectivity index (χ0) is 10.5. The molecule has 3 heteroatoms. The molecule has 0 aromatic rings. The van der Waals surface area contributed by atoms with Crippen LogP contribution in [0.3, 0.4) is 0 Å². The summed E-state index contributed by atoms with van der Waals surface area (Å²) in [6.07, 6.45) is 3.94. The Morgan fingerprint density at radius 2 is 2.00 bits per heavy atom. The highest BCUT2D eigenvalue weighted by molar-refractivity contribution is 5.50. The van der Waals surface area contributed by atoms with Crippen LogP contribution in [-0.4, -0.2) is 33.1 Å². The molecule has 0 aliphatic carbocycles. The van der Waals surface area contributed by atoms with Crippen molar-refractivity contribution in [2.45, 2.75) is 39.2 Å². The standard InChI is InChI=1S/C6H10O2.C2H7N.C2H6/c7-4-3-6-2-1-5-8-6;1-3-2;1-2/h4,6H,1-3,5H2;3H,1-2H3;1-2H3. The smallest absolute Gasteiger partial charge is 0.122 e. The lowest BCUT2D eigenvalue weighted by Crippen LogP contribution is -2.03. The molecule has 1 heterocycles. The summed E-state index contributed by atoms with van der Waals surface area (Å²) in [7, 11) is 3.75. The maximum absolute atomic E-state index is 9.88. The van der Waals surface area contributed by atoms with Crippen LogP contribution in [0.5, 0.6) is 0 Å². The van der Waals surface area contributed by atoms with E-state index in [1.54, 1.807) is 0 Å². The zero-order valence-electron chi connectivity index (χ0n) is 9.30. The Bertz CT molecular complexity index is 90.9. The molecule has 0 radical (unpaired) electrons. The second-order valence-electron chi connectivity index (χ2n) is 2.54. The minimum Gasteiger partial charge on any atom is -0.378 e. The average Bonchev–Trinajstić information content (AvgIpc) is 2.63. The van der Waals surface area contributed by atoms with Gasteiger partial charge in [-0.25, -0.2) is 0 Å². The summed E-state index contributed by atoms with van der Waals surface area (Å²) >= 11 is 0.